The van der Waals surface area contributed by atoms with E-state index in [1.54, 1.807) is 6.07 Å². The van der Waals surface area contributed by atoms with Gasteiger partial charge >= 0.3 is 0 Å². The first kappa shape index (κ1) is 23.9. The standard InChI is InChI=1S/C28H26Cl2N4S/c1-16-12-17(2)14-20(13-16)34-27(26(32-28(34)35)23-9-5-6-11-31-23)21-15-18(3)33(19(21)4)24-10-7-8-22(29)25(24)30/h5-15,26-27H,1-4H3,(H,32,35). The van der Waals surface area contributed by atoms with Crippen molar-refractivity contribution in [1.29, 1.82) is 0 Å². The van der Waals surface area contributed by atoms with Crippen LogP contribution in [0.1, 0.15) is 45.9 Å². The summed E-state index contributed by atoms with van der Waals surface area (Å²) < 4.78 is 2.17. The van der Waals surface area contributed by atoms with E-state index in [2.05, 4.69) is 71.7 Å². The van der Waals surface area contributed by atoms with Crippen molar-refractivity contribution in [3.05, 3.63) is 111 Å². The third-order valence-electron chi connectivity index (χ3n) is 6.54. The fraction of sp³-hybridized carbons (Fsp3) is 0.214. The highest BCUT2D eigenvalue weighted by Gasteiger charge is 2.42. The van der Waals surface area contributed by atoms with Crippen LogP contribution in [0.5, 0.6) is 0 Å². The normalized spacial score (nSPS) is 17.7. The van der Waals surface area contributed by atoms with Crippen molar-refractivity contribution in [3.8, 4) is 5.69 Å². The van der Waals surface area contributed by atoms with Crippen molar-refractivity contribution in [2.24, 2.45) is 0 Å². The molecule has 1 fully saturated rings. The Hall–Kier alpha value is -2.86. The lowest BCUT2D eigenvalue weighted by Gasteiger charge is -2.29. The summed E-state index contributed by atoms with van der Waals surface area (Å²) in [6.07, 6.45) is 1.83. The van der Waals surface area contributed by atoms with E-state index in [0.29, 0.717) is 15.2 Å². The Labute approximate surface area is 221 Å². The summed E-state index contributed by atoms with van der Waals surface area (Å²) in [6, 6.07) is 20.3. The number of halogens is 2. The zero-order valence-electron chi connectivity index (χ0n) is 20.0. The molecule has 178 valence electrons. The second-order valence-corrected chi connectivity index (χ2v) is 10.2. The van der Waals surface area contributed by atoms with Crippen LogP contribution < -0.4 is 10.2 Å². The number of aromatic nitrogens is 2. The summed E-state index contributed by atoms with van der Waals surface area (Å²) in [5.41, 5.74) is 8.56. The Balaban J connectivity index is 1.72. The number of hydrogen-bond acceptors (Lipinski definition) is 2. The maximum absolute atomic E-state index is 6.64. The molecule has 0 bridgehead atoms. The Bertz CT molecular complexity index is 1410. The van der Waals surface area contributed by atoms with Crippen LogP contribution in [-0.4, -0.2) is 14.7 Å². The zero-order chi connectivity index (χ0) is 24.9. The topological polar surface area (TPSA) is 33.1 Å². The molecule has 0 radical (unpaired) electrons. The van der Waals surface area contributed by atoms with E-state index < -0.39 is 0 Å². The molecule has 35 heavy (non-hydrogen) atoms. The quantitative estimate of drug-likeness (QED) is 0.281. The van der Waals surface area contributed by atoms with E-state index in [0.717, 1.165) is 34.0 Å². The number of nitrogens with zero attached hydrogens (tertiary/aromatic N) is 3. The maximum atomic E-state index is 6.64. The fourth-order valence-corrected chi connectivity index (χ4v) is 5.89. The molecule has 0 amide bonds. The number of benzene rings is 2. The molecule has 1 aliphatic rings. The Kier molecular flexibility index (Phi) is 6.34. The summed E-state index contributed by atoms with van der Waals surface area (Å²) in [7, 11) is 0. The van der Waals surface area contributed by atoms with Crippen molar-refractivity contribution < 1.29 is 0 Å². The van der Waals surface area contributed by atoms with Gasteiger partial charge in [-0.2, -0.15) is 0 Å². The second kappa shape index (κ2) is 9.30. The molecule has 2 atom stereocenters. The van der Waals surface area contributed by atoms with Crippen LogP contribution in [0.15, 0.2) is 66.9 Å². The van der Waals surface area contributed by atoms with E-state index in [-0.39, 0.29) is 12.1 Å². The van der Waals surface area contributed by atoms with Crippen molar-refractivity contribution in [2.75, 3.05) is 4.90 Å². The number of pyridine rings is 1. The highest BCUT2D eigenvalue weighted by atomic mass is 35.5. The van der Waals surface area contributed by atoms with Gasteiger partial charge in [-0.1, -0.05) is 41.4 Å². The number of rotatable bonds is 4. The van der Waals surface area contributed by atoms with Gasteiger partial charge in [0.05, 0.1) is 33.5 Å². The van der Waals surface area contributed by atoms with E-state index >= 15 is 0 Å². The molecule has 3 heterocycles. The number of hydrogen-bond donors (Lipinski definition) is 1. The van der Waals surface area contributed by atoms with Gasteiger partial charge < -0.3 is 14.8 Å². The molecule has 1 aliphatic heterocycles. The van der Waals surface area contributed by atoms with Crippen LogP contribution >= 0.6 is 35.4 Å². The zero-order valence-corrected chi connectivity index (χ0v) is 22.3. The predicted octanol–water partition coefficient (Wildman–Crippen LogP) is 7.59. The monoisotopic (exact) mass is 520 g/mol. The smallest absolute Gasteiger partial charge is 0.174 e. The molecule has 2 unspecified atom stereocenters. The van der Waals surface area contributed by atoms with Gasteiger partial charge in [0.1, 0.15) is 0 Å². The van der Waals surface area contributed by atoms with Crippen LogP contribution in [0, 0.1) is 27.7 Å². The molecular formula is C28H26Cl2N4S. The second-order valence-electron chi connectivity index (χ2n) is 9.08. The summed E-state index contributed by atoms with van der Waals surface area (Å²) >= 11 is 18.9. The van der Waals surface area contributed by atoms with Gasteiger partial charge in [-0.25, -0.2) is 0 Å². The minimum absolute atomic E-state index is 0.100. The average Bonchev–Trinajstić information content (AvgIpc) is 3.31. The Morgan fingerprint density at radius 2 is 1.66 bits per heavy atom. The van der Waals surface area contributed by atoms with E-state index in [1.807, 2.05) is 36.5 Å². The summed E-state index contributed by atoms with van der Waals surface area (Å²) in [4.78, 5) is 6.91. The molecule has 1 saturated heterocycles. The maximum Gasteiger partial charge on any atom is 0.174 e. The molecule has 2 aromatic heterocycles. The lowest BCUT2D eigenvalue weighted by atomic mass is 9.96. The largest absolute Gasteiger partial charge is 0.351 e. The third kappa shape index (κ3) is 4.22. The van der Waals surface area contributed by atoms with Gasteiger partial charge in [0, 0.05) is 23.3 Å². The summed E-state index contributed by atoms with van der Waals surface area (Å²) in [5, 5.41) is 5.31. The van der Waals surface area contributed by atoms with Gasteiger partial charge in [0.2, 0.25) is 0 Å². The minimum Gasteiger partial charge on any atom is -0.351 e. The van der Waals surface area contributed by atoms with Crippen LogP contribution in [0.3, 0.4) is 0 Å². The number of nitrogens with one attached hydrogen (secondary N) is 1. The molecule has 4 nitrogen and oxygen atoms in total. The van der Waals surface area contributed by atoms with Crippen molar-refractivity contribution in [2.45, 2.75) is 39.8 Å². The van der Waals surface area contributed by atoms with Crippen molar-refractivity contribution in [1.82, 2.24) is 14.9 Å². The molecule has 4 aromatic rings. The van der Waals surface area contributed by atoms with Crippen LogP contribution in [0.4, 0.5) is 5.69 Å². The van der Waals surface area contributed by atoms with Gasteiger partial charge in [-0.05, 0) is 99.1 Å². The third-order valence-corrected chi connectivity index (χ3v) is 7.67. The van der Waals surface area contributed by atoms with Crippen LogP contribution in [0.2, 0.25) is 10.0 Å². The Morgan fingerprint density at radius 3 is 2.34 bits per heavy atom. The molecular weight excluding hydrogens is 495 g/mol. The molecule has 0 aliphatic carbocycles. The van der Waals surface area contributed by atoms with Gasteiger partial charge in [0.15, 0.2) is 5.11 Å². The lowest BCUT2D eigenvalue weighted by molar-refractivity contribution is 0.565. The molecule has 0 spiro atoms. The first-order chi connectivity index (χ1) is 16.8. The van der Waals surface area contributed by atoms with Crippen molar-refractivity contribution >= 4 is 46.2 Å². The SMILES string of the molecule is Cc1cc(C)cc(N2C(=S)NC(c3ccccn3)C2c2cc(C)n(-c3cccc(Cl)c3Cl)c2C)c1. The Morgan fingerprint density at radius 1 is 0.914 bits per heavy atom. The molecule has 2 aromatic carbocycles. The van der Waals surface area contributed by atoms with E-state index in [9.17, 15) is 0 Å². The van der Waals surface area contributed by atoms with Gasteiger partial charge in [-0.15, -0.1) is 0 Å². The van der Waals surface area contributed by atoms with Gasteiger partial charge in [0.25, 0.3) is 0 Å². The highest BCUT2D eigenvalue weighted by Crippen LogP contribution is 2.44. The molecule has 7 heteroatoms. The fourth-order valence-electron chi connectivity index (χ4n) is 5.16. The first-order valence-corrected chi connectivity index (χ1v) is 12.6. The number of thiocarbonyl (C=S) groups is 1. The molecule has 1 N–H and O–H groups in total. The van der Waals surface area contributed by atoms with Crippen LogP contribution in [-0.2, 0) is 0 Å². The number of aryl methyl sites for hydroxylation is 3. The van der Waals surface area contributed by atoms with Crippen LogP contribution in [0.25, 0.3) is 5.69 Å². The highest BCUT2D eigenvalue weighted by molar-refractivity contribution is 7.80. The predicted molar refractivity (Wildman–Crippen MR) is 149 cm³/mol. The molecule has 5 rings (SSSR count). The van der Waals surface area contributed by atoms with Crippen molar-refractivity contribution in [3.63, 3.8) is 0 Å². The summed E-state index contributed by atoms with van der Waals surface area (Å²) in [6.45, 7) is 8.43. The van der Waals surface area contributed by atoms with E-state index in [4.69, 9.17) is 35.4 Å². The first-order valence-electron chi connectivity index (χ1n) is 11.5. The number of anilines is 1. The minimum atomic E-state index is -0.117. The lowest BCUT2D eigenvalue weighted by Crippen LogP contribution is -2.29. The van der Waals surface area contributed by atoms with Gasteiger partial charge in [-0.3, -0.25) is 4.98 Å². The molecule has 0 saturated carbocycles. The summed E-state index contributed by atoms with van der Waals surface area (Å²) in [5.74, 6) is 0. The average molecular weight is 522 g/mol. The van der Waals surface area contributed by atoms with E-state index in [1.165, 1.54) is 11.1 Å².